The van der Waals surface area contributed by atoms with Gasteiger partial charge >= 0.3 is 0 Å². The van der Waals surface area contributed by atoms with Gasteiger partial charge in [0, 0.05) is 17.5 Å². The van der Waals surface area contributed by atoms with Crippen molar-refractivity contribution in [3.05, 3.63) is 33.8 Å². The molecule has 1 aliphatic carbocycles. The smallest absolute Gasteiger partial charge is 0.0873 e. The van der Waals surface area contributed by atoms with Crippen LogP contribution >= 0.6 is 23.2 Å². The summed E-state index contributed by atoms with van der Waals surface area (Å²) in [5.41, 5.74) is 6.42. The van der Waals surface area contributed by atoms with Crippen molar-refractivity contribution in [1.82, 2.24) is 0 Å². The summed E-state index contributed by atoms with van der Waals surface area (Å²) in [6, 6.07) is 5.40. The Morgan fingerprint density at radius 2 is 2.21 bits per heavy atom. The molecule has 2 rings (SSSR count). The van der Waals surface area contributed by atoms with Crippen molar-refractivity contribution in [2.75, 3.05) is 6.54 Å². The molecule has 1 aromatic carbocycles. The lowest BCUT2D eigenvalue weighted by Crippen LogP contribution is -2.40. The molecule has 2 nitrogen and oxygen atoms in total. The van der Waals surface area contributed by atoms with E-state index in [1.807, 2.05) is 12.1 Å². The maximum Gasteiger partial charge on any atom is 0.0873 e. The Kier molecular flexibility index (Phi) is 4.78. The van der Waals surface area contributed by atoms with Crippen LogP contribution in [0.5, 0.6) is 0 Å². The number of halogens is 2. The van der Waals surface area contributed by atoms with Crippen molar-refractivity contribution in [3.8, 4) is 0 Å². The normalized spacial score (nSPS) is 29.2. The predicted octanol–water partition coefficient (Wildman–Crippen LogP) is 4.18. The third-order valence-corrected chi connectivity index (χ3v) is 5.22. The van der Waals surface area contributed by atoms with Crippen molar-refractivity contribution < 1.29 is 5.11 Å². The third kappa shape index (κ3) is 2.92. The van der Waals surface area contributed by atoms with Crippen LogP contribution in [0.25, 0.3) is 0 Å². The molecule has 0 saturated heterocycles. The number of hydrogen-bond acceptors (Lipinski definition) is 2. The Hall–Kier alpha value is -0.280. The molecule has 1 fully saturated rings. The molecule has 1 saturated carbocycles. The van der Waals surface area contributed by atoms with Crippen LogP contribution < -0.4 is 5.73 Å². The van der Waals surface area contributed by atoms with Crippen molar-refractivity contribution in [2.24, 2.45) is 17.1 Å². The summed E-state index contributed by atoms with van der Waals surface area (Å²) in [5, 5.41) is 11.7. The Morgan fingerprint density at radius 1 is 1.47 bits per heavy atom. The van der Waals surface area contributed by atoms with Gasteiger partial charge in [-0.1, -0.05) is 55.1 Å². The summed E-state index contributed by atoms with van der Waals surface area (Å²) in [6.45, 7) is 2.69. The van der Waals surface area contributed by atoms with Crippen LogP contribution in [0, 0.1) is 11.3 Å². The SMILES string of the molecule is CC1CCCC(CN)(C(O)c2cccc(Cl)c2Cl)C1. The first-order valence-corrected chi connectivity index (χ1v) is 7.58. The molecule has 4 heteroatoms. The van der Waals surface area contributed by atoms with Gasteiger partial charge in [-0.05, 0) is 24.8 Å². The molecule has 0 aromatic heterocycles. The number of nitrogens with two attached hydrogens (primary N) is 1. The van der Waals surface area contributed by atoms with E-state index in [-0.39, 0.29) is 5.41 Å². The second-order valence-corrected chi connectivity index (χ2v) is 6.60. The Bertz CT molecular complexity index is 452. The molecule has 3 N–H and O–H groups in total. The molecule has 3 atom stereocenters. The second-order valence-electron chi connectivity index (χ2n) is 5.81. The van der Waals surface area contributed by atoms with Gasteiger partial charge < -0.3 is 10.8 Å². The van der Waals surface area contributed by atoms with Crippen LogP contribution in [-0.2, 0) is 0 Å². The van der Waals surface area contributed by atoms with E-state index in [9.17, 15) is 5.11 Å². The molecule has 3 unspecified atom stereocenters. The van der Waals surface area contributed by atoms with Crippen molar-refractivity contribution >= 4 is 23.2 Å². The minimum atomic E-state index is -0.647. The van der Waals surface area contributed by atoms with Gasteiger partial charge in [0.05, 0.1) is 16.1 Å². The Balaban J connectivity index is 2.35. The molecule has 106 valence electrons. The van der Waals surface area contributed by atoms with E-state index in [1.54, 1.807) is 6.07 Å². The van der Waals surface area contributed by atoms with Gasteiger partial charge in [0.2, 0.25) is 0 Å². The van der Waals surface area contributed by atoms with Crippen LogP contribution in [0.4, 0.5) is 0 Å². The number of aliphatic hydroxyl groups excluding tert-OH is 1. The number of hydrogen-bond donors (Lipinski definition) is 2. The van der Waals surface area contributed by atoms with E-state index in [0.717, 1.165) is 19.3 Å². The first-order chi connectivity index (χ1) is 9.00. The fourth-order valence-corrected chi connectivity index (χ4v) is 3.72. The molecule has 1 aliphatic rings. The molecule has 0 radical (unpaired) electrons. The lowest BCUT2D eigenvalue weighted by atomic mass is 9.65. The number of aliphatic hydroxyl groups is 1. The van der Waals surface area contributed by atoms with Gasteiger partial charge in [0.1, 0.15) is 0 Å². The average Bonchev–Trinajstić information content (AvgIpc) is 2.41. The zero-order chi connectivity index (χ0) is 14.0. The zero-order valence-electron chi connectivity index (χ0n) is 11.2. The zero-order valence-corrected chi connectivity index (χ0v) is 12.7. The standard InChI is InChI=1S/C15H21Cl2NO/c1-10-4-3-7-15(8-10,9-18)14(19)11-5-2-6-12(16)13(11)17/h2,5-6,10,14,19H,3-4,7-9,18H2,1H3. The molecule has 19 heavy (non-hydrogen) atoms. The molecular formula is C15H21Cl2NO. The maximum atomic E-state index is 10.8. The highest BCUT2D eigenvalue weighted by atomic mass is 35.5. The monoisotopic (exact) mass is 301 g/mol. The van der Waals surface area contributed by atoms with E-state index >= 15 is 0 Å². The highest BCUT2D eigenvalue weighted by Crippen LogP contribution is 2.49. The minimum absolute atomic E-state index is 0.272. The largest absolute Gasteiger partial charge is 0.388 e. The third-order valence-electron chi connectivity index (χ3n) is 4.39. The van der Waals surface area contributed by atoms with Gasteiger partial charge in [-0.15, -0.1) is 0 Å². The molecule has 0 heterocycles. The van der Waals surface area contributed by atoms with Crippen LogP contribution in [0.3, 0.4) is 0 Å². The van der Waals surface area contributed by atoms with Crippen LogP contribution in [0.2, 0.25) is 10.0 Å². The quantitative estimate of drug-likeness (QED) is 0.879. The predicted molar refractivity (Wildman–Crippen MR) is 80.5 cm³/mol. The van der Waals surface area contributed by atoms with Crippen molar-refractivity contribution in [1.29, 1.82) is 0 Å². The van der Waals surface area contributed by atoms with Gasteiger partial charge in [-0.3, -0.25) is 0 Å². The molecular weight excluding hydrogens is 281 g/mol. The molecule has 0 aliphatic heterocycles. The molecule has 1 aromatic rings. The van der Waals surface area contributed by atoms with Gasteiger partial charge in [-0.2, -0.15) is 0 Å². The average molecular weight is 302 g/mol. The second kappa shape index (κ2) is 6.01. The maximum absolute atomic E-state index is 10.8. The Labute approximate surface area is 124 Å². The molecule has 0 bridgehead atoms. The lowest BCUT2D eigenvalue weighted by molar-refractivity contribution is -0.0130. The van der Waals surface area contributed by atoms with Crippen LogP contribution in [-0.4, -0.2) is 11.7 Å². The number of rotatable bonds is 3. The fourth-order valence-electron chi connectivity index (χ4n) is 3.31. The summed E-state index contributed by atoms with van der Waals surface area (Å²) >= 11 is 12.3. The van der Waals surface area contributed by atoms with Gasteiger partial charge in [0.25, 0.3) is 0 Å². The van der Waals surface area contributed by atoms with Gasteiger partial charge in [0.15, 0.2) is 0 Å². The van der Waals surface area contributed by atoms with E-state index in [1.165, 1.54) is 6.42 Å². The van der Waals surface area contributed by atoms with E-state index < -0.39 is 6.10 Å². The first kappa shape index (κ1) is 15.1. The summed E-state index contributed by atoms with van der Waals surface area (Å²) in [7, 11) is 0. The molecule has 0 amide bonds. The highest BCUT2D eigenvalue weighted by molar-refractivity contribution is 6.42. The molecule has 0 spiro atoms. The summed E-state index contributed by atoms with van der Waals surface area (Å²) in [6.07, 6.45) is 3.54. The number of benzene rings is 1. The van der Waals surface area contributed by atoms with Crippen molar-refractivity contribution in [3.63, 3.8) is 0 Å². The van der Waals surface area contributed by atoms with E-state index in [2.05, 4.69) is 6.92 Å². The van der Waals surface area contributed by atoms with Crippen LogP contribution in [0.1, 0.15) is 44.3 Å². The fraction of sp³-hybridized carbons (Fsp3) is 0.600. The van der Waals surface area contributed by atoms with Gasteiger partial charge in [-0.25, -0.2) is 0 Å². The summed E-state index contributed by atoms with van der Waals surface area (Å²) in [4.78, 5) is 0. The van der Waals surface area contributed by atoms with E-state index in [4.69, 9.17) is 28.9 Å². The lowest BCUT2D eigenvalue weighted by Gasteiger charge is -2.43. The highest BCUT2D eigenvalue weighted by Gasteiger charge is 2.41. The van der Waals surface area contributed by atoms with E-state index in [0.29, 0.717) is 28.1 Å². The summed E-state index contributed by atoms with van der Waals surface area (Å²) in [5.74, 6) is 0.588. The Morgan fingerprint density at radius 3 is 2.84 bits per heavy atom. The van der Waals surface area contributed by atoms with Crippen LogP contribution in [0.15, 0.2) is 18.2 Å². The first-order valence-electron chi connectivity index (χ1n) is 6.82. The van der Waals surface area contributed by atoms with Crippen molar-refractivity contribution in [2.45, 2.75) is 38.7 Å². The topological polar surface area (TPSA) is 46.2 Å². The summed E-state index contributed by atoms with van der Waals surface area (Å²) < 4.78 is 0. The minimum Gasteiger partial charge on any atom is -0.388 e.